The fourth-order valence-electron chi connectivity index (χ4n) is 1.86. The molecular weight excluding hydrogens is 244 g/mol. The molecule has 2 N–H and O–H groups in total. The third kappa shape index (κ3) is 2.65. The molecule has 1 aromatic carbocycles. The number of nitrogen functional groups attached to an aromatic ring is 1. The van der Waals surface area contributed by atoms with Crippen molar-refractivity contribution >= 4 is 5.88 Å². The Hall–Kier alpha value is -2.17. The van der Waals surface area contributed by atoms with E-state index in [9.17, 15) is 0 Å². The summed E-state index contributed by atoms with van der Waals surface area (Å²) in [4.78, 5) is 0. The van der Waals surface area contributed by atoms with Crippen LogP contribution in [0.4, 0.5) is 5.88 Å². The van der Waals surface area contributed by atoms with Gasteiger partial charge in [0.15, 0.2) is 11.5 Å². The zero-order valence-corrected chi connectivity index (χ0v) is 10.8. The first-order valence-corrected chi connectivity index (χ1v) is 6.29. The largest absolute Gasteiger partial charge is 0.493 e. The smallest absolute Gasteiger partial charge is 0.222 e. The minimum Gasteiger partial charge on any atom is -0.493 e. The van der Waals surface area contributed by atoms with Crippen LogP contribution < -0.4 is 15.2 Å². The number of hydrogen-bond acceptors (Lipinski definition) is 5. The van der Waals surface area contributed by atoms with Gasteiger partial charge in [0.25, 0.3) is 0 Å². The highest BCUT2D eigenvalue weighted by Crippen LogP contribution is 2.35. The Morgan fingerprint density at radius 1 is 1.32 bits per heavy atom. The number of hydrogen-bond donors (Lipinski definition) is 1. The molecule has 5 heteroatoms. The van der Waals surface area contributed by atoms with Crippen molar-refractivity contribution in [3.05, 3.63) is 24.3 Å². The van der Waals surface area contributed by atoms with Crippen molar-refractivity contribution in [1.29, 1.82) is 0 Å². The lowest BCUT2D eigenvalue weighted by atomic mass is 10.1. The fourth-order valence-corrected chi connectivity index (χ4v) is 1.86. The summed E-state index contributed by atoms with van der Waals surface area (Å²) in [7, 11) is 1.63. The maximum absolute atomic E-state index is 5.75. The molecule has 1 fully saturated rings. The van der Waals surface area contributed by atoms with E-state index in [1.807, 2.05) is 18.2 Å². The highest BCUT2D eigenvalue weighted by molar-refractivity contribution is 5.65. The van der Waals surface area contributed by atoms with E-state index in [4.69, 9.17) is 19.7 Å². The second kappa shape index (κ2) is 4.84. The zero-order valence-electron chi connectivity index (χ0n) is 10.8. The van der Waals surface area contributed by atoms with Gasteiger partial charge in [-0.3, -0.25) is 0 Å². The van der Waals surface area contributed by atoms with Crippen molar-refractivity contribution in [1.82, 2.24) is 5.16 Å². The van der Waals surface area contributed by atoms with Crippen LogP contribution in [0.1, 0.15) is 12.8 Å². The Kier molecular flexibility index (Phi) is 3.03. The SMILES string of the molecule is COc1cc(-c2cc(N)on2)ccc1OCC1CC1. The molecule has 0 aliphatic heterocycles. The van der Waals surface area contributed by atoms with Crippen molar-refractivity contribution in [2.75, 3.05) is 19.5 Å². The molecule has 1 aliphatic carbocycles. The summed E-state index contributed by atoms with van der Waals surface area (Å²) in [5.74, 6) is 2.46. The molecule has 0 unspecified atom stereocenters. The van der Waals surface area contributed by atoms with E-state index >= 15 is 0 Å². The van der Waals surface area contributed by atoms with Gasteiger partial charge in [0.2, 0.25) is 5.88 Å². The molecule has 1 heterocycles. The average Bonchev–Trinajstić information content (AvgIpc) is 3.16. The van der Waals surface area contributed by atoms with Crippen LogP contribution in [0, 0.1) is 5.92 Å². The number of rotatable bonds is 5. The molecule has 2 aromatic rings. The number of methoxy groups -OCH3 is 1. The predicted molar refractivity (Wildman–Crippen MR) is 71.1 cm³/mol. The van der Waals surface area contributed by atoms with E-state index in [1.54, 1.807) is 13.2 Å². The summed E-state index contributed by atoms with van der Waals surface area (Å²) in [6, 6.07) is 7.36. The highest BCUT2D eigenvalue weighted by atomic mass is 16.5. The molecule has 0 saturated heterocycles. The van der Waals surface area contributed by atoms with Gasteiger partial charge in [-0.2, -0.15) is 0 Å². The molecule has 0 amide bonds. The molecule has 1 aliphatic rings. The molecule has 0 radical (unpaired) electrons. The van der Waals surface area contributed by atoms with Gasteiger partial charge in [-0.25, -0.2) is 0 Å². The first-order chi connectivity index (χ1) is 9.26. The van der Waals surface area contributed by atoms with Crippen LogP contribution in [0.3, 0.4) is 0 Å². The number of ether oxygens (including phenoxy) is 2. The predicted octanol–water partition coefficient (Wildman–Crippen LogP) is 2.72. The van der Waals surface area contributed by atoms with Gasteiger partial charge in [-0.15, -0.1) is 0 Å². The maximum Gasteiger partial charge on any atom is 0.222 e. The number of anilines is 1. The molecule has 3 rings (SSSR count). The molecule has 0 spiro atoms. The first kappa shape index (κ1) is 11.9. The normalized spacial score (nSPS) is 14.4. The van der Waals surface area contributed by atoms with E-state index < -0.39 is 0 Å². The molecule has 5 nitrogen and oxygen atoms in total. The average molecular weight is 260 g/mol. The van der Waals surface area contributed by atoms with Crippen LogP contribution >= 0.6 is 0 Å². The zero-order chi connectivity index (χ0) is 13.2. The third-order valence-corrected chi connectivity index (χ3v) is 3.16. The third-order valence-electron chi connectivity index (χ3n) is 3.16. The van der Waals surface area contributed by atoms with Crippen molar-refractivity contribution < 1.29 is 14.0 Å². The lowest BCUT2D eigenvalue weighted by molar-refractivity contribution is 0.280. The quantitative estimate of drug-likeness (QED) is 0.895. The summed E-state index contributed by atoms with van der Waals surface area (Å²) in [5.41, 5.74) is 7.09. The molecule has 1 saturated carbocycles. The summed E-state index contributed by atoms with van der Waals surface area (Å²) < 4.78 is 16.0. The maximum atomic E-state index is 5.75. The Morgan fingerprint density at radius 2 is 2.16 bits per heavy atom. The lowest BCUT2D eigenvalue weighted by Gasteiger charge is -2.11. The topological polar surface area (TPSA) is 70.5 Å². The van der Waals surface area contributed by atoms with Crippen LogP contribution in [0.5, 0.6) is 11.5 Å². The van der Waals surface area contributed by atoms with E-state index in [-0.39, 0.29) is 0 Å². The molecule has 19 heavy (non-hydrogen) atoms. The van der Waals surface area contributed by atoms with E-state index in [2.05, 4.69) is 5.16 Å². The van der Waals surface area contributed by atoms with Crippen LogP contribution in [0.2, 0.25) is 0 Å². The minimum atomic E-state index is 0.294. The Labute approximate surface area is 111 Å². The van der Waals surface area contributed by atoms with Gasteiger partial charge in [-0.1, -0.05) is 5.16 Å². The number of nitrogens with two attached hydrogens (primary N) is 1. The Balaban J connectivity index is 1.83. The van der Waals surface area contributed by atoms with Crippen molar-refractivity contribution in [3.63, 3.8) is 0 Å². The highest BCUT2D eigenvalue weighted by Gasteiger charge is 2.22. The van der Waals surface area contributed by atoms with E-state index in [0.29, 0.717) is 23.2 Å². The summed E-state index contributed by atoms with van der Waals surface area (Å²) in [6.45, 7) is 0.757. The van der Waals surface area contributed by atoms with Gasteiger partial charge in [0.05, 0.1) is 13.7 Å². The minimum absolute atomic E-state index is 0.294. The van der Waals surface area contributed by atoms with Crippen molar-refractivity contribution in [3.8, 4) is 22.8 Å². The van der Waals surface area contributed by atoms with Crippen molar-refractivity contribution in [2.24, 2.45) is 5.92 Å². The monoisotopic (exact) mass is 260 g/mol. The Bertz CT molecular complexity index is 576. The fraction of sp³-hybridized carbons (Fsp3) is 0.357. The van der Waals surface area contributed by atoms with Crippen LogP contribution in [0.25, 0.3) is 11.3 Å². The lowest BCUT2D eigenvalue weighted by Crippen LogP contribution is -2.00. The first-order valence-electron chi connectivity index (χ1n) is 6.29. The molecule has 0 atom stereocenters. The van der Waals surface area contributed by atoms with E-state index in [0.717, 1.165) is 17.9 Å². The van der Waals surface area contributed by atoms with E-state index in [1.165, 1.54) is 12.8 Å². The molecular formula is C14H16N2O3. The van der Waals surface area contributed by atoms with Crippen LogP contribution in [0.15, 0.2) is 28.8 Å². The van der Waals surface area contributed by atoms with Gasteiger partial charge < -0.3 is 19.7 Å². The molecule has 0 bridgehead atoms. The van der Waals surface area contributed by atoms with Gasteiger partial charge in [0.1, 0.15) is 5.69 Å². The number of benzene rings is 1. The molecule has 1 aromatic heterocycles. The van der Waals surface area contributed by atoms with Crippen molar-refractivity contribution in [2.45, 2.75) is 12.8 Å². The van der Waals surface area contributed by atoms with Gasteiger partial charge >= 0.3 is 0 Å². The second-order valence-electron chi connectivity index (χ2n) is 4.73. The Morgan fingerprint density at radius 3 is 2.79 bits per heavy atom. The van der Waals surface area contributed by atoms with Crippen LogP contribution in [-0.2, 0) is 0 Å². The van der Waals surface area contributed by atoms with Gasteiger partial charge in [0, 0.05) is 11.6 Å². The van der Waals surface area contributed by atoms with Crippen LogP contribution in [-0.4, -0.2) is 18.9 Å². The summed E-state index contributed by atoms with van der Waals surface area (Å²) >= 11 is 0. The summed E-state index contributed by atoms with van der Waals surface area (Å²) in [5, 5.41) is 3.88. The summed E-state index contributed by atoms with van der Waals surface area (Å²) in [6.07, 6.45) is 2.53. The standard InChI is InChI=1S/C14H16N2O3/c1-17-13-6-10(11-7-14(15)19-16-11)4-5-12(13)18-8-9-2-3-9/h4-7,9H,2-3,8,15H2,1H3. The number of nitrogens with zero attached hydrogens (tertiary/aromatic N) is 1. The molecule has 100 valence electrons. The second-order valence-corrected chi connectivity index (χ2v) is 4.73. The van der Waals surface area contributed by atoms with Gasteiger partial charge in [-0.05, 0) is 37.0 Å². The number of aromatic nitrogens is 1.